The maximum Gasteiger partial charge on any atom is 0.283 e. The van der Waals surface area contributed by atoms with Crippen LogP contribution in [0.5, 0.6) is 0 Å². The summed E-state index contributed by atoms with van der Waals surface area (Å²) in [6.45, 7) is 0.878. The zero-order valence-corrected chi connectivity index (χ0v) is 14.4. The van der Waals surface area contributed by atoms with Gasteiger partial charge in [-0.3, -0.25) is 19.6 Å². The Morgan fingerprint density at radius 2 is 2.00 bits per heavy atom. The molecule has 0 saturated carbocycles. The maximum absolute atomic E-state index is 12.3. The molecule has 0 radical (unpaired) electrons. The SMILES string of the molecule is O=C(NCc1cccc(Cn2cccn2)c1)c1ccc(Cl)cc1[N+](=O)[O-]. The van der Waals surface area contributed by atoms with E-state index in [9.17, 15) is 14.9 Å². The molecule has 0 unspecified atom stereocenters. The number of carbonyl (C=O) groups is 1. The van der Waals surface area contributed by atoms with Gasteiger partial charge in [-0.05, 0) is 29.3 Å². The van der Waals surface area contributed by atoms with Crippen LogP contribution in [0.2, 0.25) is 5.02 Å². The van der Waals surface area contributed by atoms with Gasteiger partial charge in [-0.2, -0.15) is 5.10 Å². The molecule has 0 bridgehead atoms. The van der Waals surface area contributed by atoms with Crippen LogP contribution < -0.4 is 5.32 Å². The van der Waals surface area contributed by atoms with E-state index >= 15 is 0 Å². The lowest BCUT2D eigenvalue weighted by atomic mass is 10.1. The Kier molecular flexibility index (Phi) is 5.28. The second-order valence-corrected chi connectivity index (χ2v) is 6.06. The Balaban J connectivity index is 1.69. The summed E-state index contributed by atoms with van der Waals surface area (Å²) >= 11 is 5.77. The Morgan fingerprint density at radius 1 is 1.19 bits per heavy atom. The molecule has 0 saturated heterocycles. The number of nitro benzene ring substituents is 1. The monoisotopic (exact) mass is 370 g/mol. The fraction of sp³-hybridized carbons (Fsp3) is 0.111. The molecule has 0 atom stereocenters. The summed E-state index contributed by atoms with van der Waals surface area (Å²) in [4.78, 5) is 22.8. The predicted octanol–water partition coefficient (Wildman–Crippen LogP) is 3.42. The van der Waals surface area contributed by atoms with E-state index in [2.05, 4.69) is 10.4 Å². The third-order valence-corrected chi connectivity index (χ3v) is 3.98. The van der Waals surface area contributed by atoms with Crippen LogP contribution in [0.25, 0.3) is 0 Å². The molecule has 0 fully saturated rings. The molecule has 1 amide bonds. The van der Waals surface area contributed by atoms with Gasteiger partial charge < -0.3 is 5.32 Å². The lowest BCUT2D eigenvalue weighted by Gasteiger charge is -2.08. The van der Waals surface area contributed by atoms with Gasteiger partial charge in [0.05, 0.1) is 11.5 Å². The van der Waals surface area contributed by atoms with Crippen molar-refractivity contribution in [3.63, 3.8) is 0 Å². The normalized spacial score (nSPS) is 10.5. The minimum atomic E-state index is -0.620. The zero-order valence-electron chi connectivity index (χ0n) is 13.6. The van der Waals surface area contributed by atoms with Crippen LogP contribution in [0.1, 0.15) is 21.5 Å². The van der Waals surface area contributed by atoms with Gasteiger partial charge in [0.25, 0.3) is 11.6 Å². The summed E-state index contributed by atoms with van der Waals surface area (Å²) in [5.74, 6) is -0.522. The number of nitrogens with zero attached hydrogens (tertiary/aromatic N) is 3. The first kappa shape index (κ1) is 17.6. The second-order valence-electron chi connectivity index (χ2n) is 5.62. The van der Waals surface area contributed by atoms with Crippen LogP contribution in [0.15, 0.2) is 60.9 Å². The number of nitrogens with one attached hydrogen (secondary N) is 1. The van der Waals surface area contributed by atoms with Gasteiger partial charge >= 0.3 is 0 Å². The van der Waals surface area contributed by atoms with Gasteiger partial charge in [-0.25, -0.2) is 0 Å². The zero-order chi connectivity index (χ0) is 18.5. The minimum absolute atomic E-state index is 0.0212. The predicted molar refractivity (Wildman–Crippen MR) is 97.0 cm³/mol. The molecular weight excluding hydrogens is 356 g/mol. The van der Waals surface area contributed by atoms with Crippen LogP contribution in [-0.4, -0.2) is 20.6 Å². The quantitative estimate of drug-likeness (QED) is 0.531. The molecule has 8 heteroatoms. The first-order chi connectivity index (χ1) is 12.5. The molecule has 1 heterocycles. The molecule has 132 valence electrons. The Morgan fingerprint density at radius 3 is 2.73 bits per heavy atom. The molecule has 1 N–H and O–H groups in total. The summed E-state index contributed by atoms with van der Waals surface area (Å²) in [7, 11) is 0. The molecule has 7 nitrogen and oxygen atoms in total. The van der Waals surface area contributed by atoms with Gasteiger partial charge in [0.15, 0.2) is 0 Å². The second kappa shape index (κ2) is 7.79. The van der Waals surface area contributed by atoms with E-state index < -0.39 is 10.8 Å². The van der Waals surface area contributed by atoms with E-state index in [4.69, 9.17) is 11.6 Å². The molecular formula is C18H15ClN4O3. The largest absolute Gasteiger partial charge is 0.348 e. The van der Waals surface area contributed by atoms with Crippen molar-refractivity contribution in [1.29, 1.82) is 0 Å². The maximum atomic E-state index is 12.3. The minimum Gasteiger partial charge on any atom is -0.348 e. The number of carbonyl (C=O) groups excluding carboxylic acids is 1. The van der Waals surface area contributed by atoms with E-state index in [1.54, 1.807) is 10.9 Å². The molecule has 1 aromatic heterocycles. The van der Waals surface area contributed by atoms with Crippen LogP contribution in [-0.2, 0) is 13.1 Å². The lowest BCUT2D eigenvalue weighted by Crippen LogP contribution is -2.23. The lowest BCUT2D eigenvalue weighted by molar-refractivity contribution is -0.385. The number of rotatable bonds is 6. The van der Waals surface area contributed by atoms with Gasteiger partial charge in [-0.1, -0.05) is 35.9 Å². The van der Waals surface area contributed by atoms with Crippen molar-refractivity contribution < 1.29 is 9.72 Å². The molecule has 3 aromatic rings. The molecule has 0 spiro atoms. The summed E-state index contributed by atoms with van der Waals surface area (Å²) in [5, 5.41) is 18.2. The third kappa shape index (κ3) is 4.25. The van der Waals surface area contributed by atoms with Crippen LogP contribution >= 0.6 is 11.6 Å². The number of hydrogen-bond acceptors (Lipinski definition) is 4. The Bertz CT molecular complexity index is 941. The fourth-order valence-corrected chi connectivity index (χ4v) is 2.71. The van der Waals surface area contributed by atoms with Crippen molar-refractivity contribution in [2.45, 2.75) is 13.1 Å². The van der Waals surface area contributed by atoms with Crippen molar-refractivity contribution in [1.82, 2.24) is 15.1 Å². The highest BCUT2D eigenvalue weighted by Gasteiger charge is 2.20. The van der Waals surface area contributed by atoms with Gasteiger partial charge in [0.2, 0.25) is 0 Å². The molecule has 3 rings (SSSR count). The van der Waals surface area contributed by atoms with Gasteiger partial charge in [-0.15, -0.1) is 0 Å². The molecule has 0 aliphatic heterocycles. The van der Waals surface area contributed by atoms with E-state index in [0.717, 1.165) is 11.1 Å². The van der Waals surface area contributed by atoms with E-state index in [0.29, 0.717) is 6.54 Å². The Hall–Kier alpha value is -3.19. The highest BCUT2D eigenvalue weighted by Crippen LogP contribution is 2.23. The van der Waals surface area contributed by atoms with Gasteiger partial charge in [0.1, 0.15) is 5.56 Å². The first-order valence-corrected chi connectivity index (χ1v) is 8.18. The van der Waals surface area contributed by atoms with Crippen molar-refractivity contribution in [3.8, 4) is 0 Å². The number of halogens is 1. The molecule has 26 heavy (non-hydrogen) atoms. The summed E-state index contributed by atoms with van der Waals surface area (Å²) in [6, 6.07) is 13.5. The highest BCUT2D eigenvalue weighted by atomic mass is 35.5. The van der Waals surface area contributed by atoms with Crippen LogP contribution in [0.4, 0.5) is 5.69 Å². The van der Waals surface area contributed by atoms with E-state index in [-0.39, 0.29) is 22.8 Å². The number of aromatic nitrogens is 2. The van der Waals surface area contributed by atoms with Crippen molar-refractivity contribution in [2.75, 3.05) is 0 Å². The average molecular weight is 371 g/mol. The smallest absolute Gasteiger partial charge is 0.283 e. The Labute approximate surface area is 154 Å². The molecule has 0 aliphatic rings. The number of benzene rings is 2. The summed E-state index contributed by atoms with van der Waals surface area (Å²) < 4.78 is 1.80. The summed E-state index contributed by atoms with van der Waals surface area (Å²) in [6.07, 6.45) is 3.58. The first-order valence-electron chi connectivity index (χ1n) is 7.80. The number of nitro groups is 1. The fourth-order valence-electron chi connectivity index (χ4n) is 2.54. The number of amides is 1. The summed E-state index contributed by atoms with van der Waals surface area (Å²) in [5.41, 5.74) is 1.59. The average Bonchev–Trinajstić information content (AvgIpc) is 3.13. The van der Waals surface area contributed by atoms with E-state index in [1.165, 1.54) is 18.2 Å². The standard InChI is InChI=1S/C18H15ClN4O3/c19-15-5-6-16(17(10-15)23(25)26)18(24)20-11-13-3-1-4-14(9-13)12-22-8-2-7-21-22/h1-10H,11-12H2,(H,20,24). The van der Waals surface area contributed by atoms with Crippen LogP contribution in [0.3, 0.4) is 0 Å². The molecule has 2 aromatic carbocycles. The topological polar surface area (TPSA) is 90.1 Å². The van der Waals surface area contributed by atoms with E-state index in [1.807, 2.05) is 36.5 Å². The third-order valence-electron chi connectivity index (χ3n) is 3.75. The van der Waals surface area contributed by atoms with Crippen molar-refractivity contribution >= 4 is 23.2 Å². The van der Waals surface area contributed by atoms with Crippen molar-refractivity contribution in [2.24, 2.45) is 0 Å². The van der Waals surface area contributed by atoms with Crippen molar-refractivity contribution in [3.05, 3.63) is 92.8 Å². The van der Waals surface area contributed by atoms with Crippen LogP contribution in [0, 0.1) is 10.1 Å². The number of hydrogen-bond donors (Lipinski definition) is 1. The molecule has 0 aliphatic carbocycles. The van der Waals surface area contributed by atoms with Gasteiger partial charge in [0, 0.05) is 30.0 Å². The highest BCUT2D eigenvalue weighted by molar-refractivity contribution is 6.31.